The molecular weight excluding hydrogens is 234 g/mol. The second kappa shape index (κ2) is 5.07. The van der Waals surface area contributed by atoms with Gasteiger partial charge in [0.2, 0.25) is 0 Å². The first-order chi connectivity index (χ1) is 6.16. The first-order valence-corrected chi connectivity index (χ1v) is 6.65. The lowest BCUT2D eigenvalue weighted by atomic mass is 10.4. The summed E-state index contributed by atoms with van der Waals surface area (Å²) in [5, 5.41) is 0. The second-order valence-electron chi connectivity index (χ2n) is 2.36. The Labute approximate surface area is 81.2 Å². The van der Waals surface area contributed by atoms with E-state index in [0.29, 0.717) is 6.42 Å². The zero-order valence-corrected chi connectivity index (χ0v) is 9.44. The van der Waals surface area contributed by atoms with Crippen LogP contribution in [0, 0.1) is 0 Å². The summed E-state index contributed by atoms with van der Waals surface area (Å²) in [7, 11) is -9.76. The van der Waals surface area contributed by atoms with Gasteiger partial charge in [-0.2, -0.15) is 4.31 Å². The average Bonchev–Trinajstić information content (AvgIpc) is 1.78. The molecule has 0 aromatic carbocycles. The van der Waals surface area contributed by atoms with Crippen LogP contribution in [0.25, 0.3) is 0 Å². The van der Waals surface area contributed by atoms with Gasteiger partial charge in [0.1, 0.15) is 5.76 Å². The van der Waals surface area contributed by atoms with E-state index in [0.717, 1.165) is 0 Å². The third-order valence-corrected chi connectivity index (χ3v) is 3.16. The molecule has 14 heavy (non-hydrogen) atoms. The van der Waals surface area contributed by atoms with Gasteiger partial charge in [-0.05, 0) is 19.4 Å². The van der Waals surface area contributed by atoms with E-state index in [2.05, 4.69) is 8.83 Å². The summed E-state index contributed by atoms with van der Waals surface area (Å²) in [4.78, 5) is 25.3. The number of phosphoric acid groups is 2. The molecule has 3 N–H and O–H groups in total. The highest BCUT2D eigenvalue weighted by Crippen LogP contribution is 2.58. The molecule has 0 rings (SSSR count). The number of hydrogen-bond acceptors (Lipinski definition) is 4. The van der Waals surface area contributed by atoms with Gasteiger partial charge in [0, 0.05) is 0 Å². The topological polar surface area (TPSA) is 113 Å². The van der Waals surface area contributed by atoms with Gasteiger partial charge in [-0.3, -0.25) is 4.89 Å². The predicted molar refractivity (Wildman–Crippen MR) is 48.1 cm³/mol. The Hall–Kier alpha value is -0.160. The smallest absolute Gasteiger partial charge is 0.409 e. The lowest BCUT2D eigenvalue weighted by Crippen LogP contribution is -1.92. The maximum absolute atomic E-state index is 10.9. The van der Waals surface area contributed by atoms with Gasteiger partial charge in [0.25, 0.3) is 0 Å². The number of hydrogen-bond donors (Lipinski definition) is 3. The van der Waals surface area contributed by atoms with E-state index in [4.69, 9.17) is 14.7 Å². The first kappa shape index (κ1) is 13.8. The molecule has 1 atom stereocenters. The second-order valence-corrected chi connectivity index (χ2v) is 5.11. The zero-order chi connectivity index (χ0) is 11.4. The van der Waals surface area contributed by atoms with Crippen molar-refractivity contribution in [3.05, 3.63) is 11.8 Å². The highest BCUT2D eigenvalue weighted by Gasteiger charge is 2.33. The third kappa shape index (κ3) is 7.26. The van der Waals surface area contributed by atoms with Crippen molar-refractivity contribution in [1.82, 2.24) is 0 Å². The van der Waals surface area contributed by atoms with Crippen LogP contribution in [0.2, 0.25) is 0 Å². The molecule has 0 aliphatic rings. The van der Waals surface area contributed by atoms with Gasteiger partial charge in [-0.1, -0.05) is 6.92 Å². The van der Waals surface area contributed by atoms with Crippen molar-refractivity contribution in [1.29, 1.82) is 0 Å². The van der Waals surface area contributed by atoms with Crippen molar-refractivity contribution in [3.8, 4) is 0 Å². The summed E-state index contributed by atoms with van der Waals surface area (Å²) < 4.78 is 29.0. The van der Waals surface area contributed by atoms with Crippen LogP contribution in [-0.2, 0) is 18.0 Å². The molecule has 9 heteroatoms. The lowest BCUT2D eigenvalue weighted by molar-refractivity contribution is 0.208. The number of phosphoric ester groups is 1. The molecular formula is C5H12O7P2. The molecule has 0 heterocycles. The van der Waals surface area contributed by atoms with Crippen LogP contribution in [0.5, 0.6) is 0 Å². The predicted octanol–water partition coefficient (Wildman–Crippen LogP) is 1.53. The molecule has 0 aliphatic carbocycles. The van der Waals surface area contributed by atoms with Crippen LogP contribution in [0.3, 0.4) is 0 Å². The van der Waals surface area contributed by atoms with Gasteiger partial charge in [0.15, 0.2) is 0 Å². The van der Waals surface area contributed by atoms with Crippen molar-refractivity contribution >= 4 is 15.6 Å². The Morgan fingerprint density at radius 3 is 2.21 bits per heavy atom. The van der Waals surface area contributed by atoms with Gasteiger partial charge >= 0.3 is 15.6 Å². The van der Waals surface area contributed by atoms with Crippen molar-refractivity contribution < 1.29 is 32.6 Å². The van der Waals surface area contributed by atoms with E-state index >= 15 is 0 Å². The standard InChI is InChI=1S/C5H12O7P2/c1-3-4-5(2)11-14(9,10)12-13(6,7)8/h4H,3H2,1-2H3,(H,9,10)(H2,6,7,8). The highest BCUT2D eigenvalue weighted by molar-refractivity contribution is 7.60. The van der Waals surface area contributed by atoms with E-state index < -0.39 is 15.6 Å². The molecule has 0 amide bonds. The third-order valence-electron chi connectivity index (χ3n) is 0.960. The quantitative estimate of drug-likeness (QED) is 0.497. The molecule has 0 aliphatic heterocycles. The summed E-state index contributed by atoms with van der Waals surface area (Å²) in [6.45, 7) is 3.13. The van der Waals surface area contributed by atoms with E-state index in [1.165, 1.54) is 13.0 Å². The normalized spacial score (nSPS) is 17.6. The van der Waals surface area contributed by atoms with Crippen LogP contribution >= 0.6 is 15.6 Å². The molecule has 0 aromatic heterocycles. The molecule has 0 radical (unpaired) electrons. The van der Waals surface area contributed by atoms with Crippen molar-refractivity contribution in [3.63, 3.8) is 0 Å². The molecule has 0 saturated heterocycles. The minimum absolute atomic E-state index is 0.0618. The Kier molecular flexibility index (Phi) is 5.01. The fourth-order valence-electron chi connectivity index (χ4n) is 0.658. The zero-order valence-electron chi connectivity index (χ0n) is 7.65. The Morgan fingerprint density at radius 1 is 1.36 bits per heavy atom. The summed E-state index contributed by atoms with van der Waals surface area (Å²) in [6.07, 6.45) is 2.02. The fraction of sp³-hybridized carbons (Fsp3) is 0.600. The van der Waals surface area contributed by atoms with Crippen LogP contribution in [0.15, 0.2) is 11.8 Å². The minimum Gasteiger partial charge on any atom is -0.409 e. The molecule has 84 valence electrons. The maximum Gasteiger partial charge on any atom is 0.536 e. The van der Waals surface area contributed by atoms with Crippen molar-refractivity contribution in [2.75, 3.05) is 0 Å². The largest absolute Gasteiger partial charge is 0.536 e. The first-order valence-electron chi connectivity index (χ1n) is 3.62. The molecule has 0 aromatic rings. The SMILES string of the molecule is CCC=C(C)OP(=O)(O)OP(=O)(O)O. The van der Waals surface area contributed by atoms with Gasteiger partial charge in [-0.15, -0.1) is 0 Å². The number of rotatable bonds is 5. The van der Waals surface area contributed by atoms with E-state index in [-0.39, 0.29) is 5.76 Å². The minimum atomic E-state index is -5.03. The summed E-state index contributed by atoms with van der Waals surface area (Å²) in [5.41, 5.74) is 0. The average molecular weight is 246 g/mol. The molecule has 0 bridgehead atoms. The van der Waals surface area contributed by atoms with Crippen LogP contribution in [-0.4, -0.2) is 14.7 Å². The molecule has 1 unspecified atom stereocenters. The van der Waals surface area contributed by atoms with Crippen molar-refractivity contribution in [2.45, 2.75) is 20.3 Å². The van der Waals surface area contributed by atoms with Gasteiger partial charge in [-0.25, -0.2) is 9.13 Å². The van der Waals surface area contributed by atoms with Crippen LogP contribution in [0.4, 0.5) is 0 Å². The van der Waals surface area contributed by atoms with Crippen molar-refractivity contribution in [2.24, 2.45) is 0 Å². The Morgan fingerprint density at radius 2 is 1.86 bits per heavy atom. The molecule has 7 nitrogen and oxygen atoms in total. The highest BCUT2D eigenvalue weighted by atomic mass is 31.3. The fourth-order valence-corrected chi connectivity index (χ4v) is 2.30. The monoisotopic (exact) mass is 246 g/mol. The van der Waals surface area contributed by atoms with E-state index in [1.807, 2.05) is 0 Å². The lowest BCUT2D eigenvalue weighted by Gasteiger charge is -2.13. The van der Waals surface area contributed by atoms with Crippen LogP contribution in [0.1, 0.15) is 20.3 Å². The van der Waals surface area contributed by atoms with E-state index in [9.17, 15) is 9.13 Å². The summed E-state index contributed by atoms with van der Waals surface area (Å²) in [5.74, 6) is 0.0618. The molecule has 0 fully saturated rings. The summed E-state index contributed by atoms with van der Waals surface area (Å²) in [6, 6.07) is 0. The molecule has 0 spiro atoms. The molecule has 0 saturated carbocycles. The maximum atomic E-state index is 10.9. The Balaban J connectivity index is 4.44. The van der Waals surface area contributed by atoms with E-state index in [1.54, 1.807) is 6.92 Å². The van der Waals surface area contributed by atoms with Crippen LogP contribution < -0.4 is 0 Å². The number of allylic oxidation sites excluding steroid dienone is 2. The van der Waals surface area contributed by atoms with Gasteiger partial charge in [0.05, 0.1) is 0 Å². The summed E-state index contributed by atoms with van der Waals surface area (Å²) >= 11 is 0. The Bertz CT molecular complexity index is 303. The van der Waals surface area contributed by atoms with Gasteiger partial charge < -0.3 is 14.3 Å².